The molecule has 0 atom stereocenters. The minimum atomic E-state index is -0.784. The number of carbonyl (C=O) groups excluding carboxylic acids is 4. The van der Waals surface area contributed by atoms with Gasteiger partial charge in [0.2, 0.25) is 0 Å². The van der Waals surface area contributed by atoms with Crippen molar-refractivity contribution in [2.75, 3.05) is 19.1 Å². The lowest BCUT2D eigenvalue weighted by atomic mass is 10.1. The van der Waals surface area contributed by atoms with Crippen LogP contribution in [0.2, 0.25) is 0 Å². The van der Waals surface area contributed by atoms with Gasteiger partial charge in [-0.1, -0.05) is 0 Å². The molecule has 0 saturated heterocycles. The SMILES string of the molecule is COC(=O)c1ccc(C(=O)N(C(=O)c2ccc(C(=O)OC)cc2)c2ncc([N+](=O)[O-])cc2C)cc1. The zero-order valence-electron chi connectivity index (χ0n) is 18.9. The summed E-state index contributed by atoms with van der Waals surface area (Å²) in [7, 11) is 2.44. The van der Waals surface area contributed by atoms with Crippen LogP contribution in [0.15, 0.2) is 60.8 Å². The van der Waals surface area contributed by atoms with Gasteiger partial charge in [-0.3, -0.25) is 19.7 Å². The number of nitrogens with zero attached hydrogens (tertiary/aromatic N) is 3. The van der Waals surface area contributed by atoms with E-state index in [9.17, 15) is 29.3 Å². The highest BCUT2D eigenvalue weighted by Crippen LogP contribution is 2.25. The molecule has 0 radical (unpaired) electrons. The number of benzene rings is 2. The summed E-state index contributed by atoms with van der Waals surface area (Å²) in [5.74, 6) is -2.88. The van der Waals surface area contributed by atoms with E-state index in [0.717, 1.165) is 11.1 Å². The molecule has 2 amide bonds. The van der Waals surface area contributed by atoms with Gasteiger partial charge in [-0.05, 0) is 61.0 Å². The zero-order chi connectivity index (χ0) is 25.7. The number of imide groups is 1. The molecular formula is C24H19N3O8. The van der Waals surface area contributed by atoms with E-state index in [-0.39, 0.29) is 39.3 Å². The lowest BCUT2D eigenvalue weighted by Crippen LogP contribution is -2.38. The van der Waals surface area contributed by atoms with E-state index >= 15 is 0 Å². The quantitative estimate of drug-likeness (QED) is 0.226. The molecular weight excluding hydrogens is 458 g/mol. The van der Waals surface area contributed by atoms with Gasteiger partial charge < -0.3 is 9.47 Å². The average Bonchev–Trinajstić information content (AvgIpc) is 2.88. The number of carbonyl (C=O) groups is 4. The highest BCUT2D eigenvalue weighted by Gasteiger charge is 2.29. The fraction of sp³-hybridized carbons (Fsp3) is 0.125. The summed E-state index contributed by atoms with van der Waals surface area (Å²) in [5.41, 5.74) is 0.401. The molecule has 0 aliphatic rings. The second kappa shape index (κ2) is 10.3. The Hall–Kier alpha value is -4.93. The van der Waals surface area contributed by atoms with Gasteiger partial charge in [-0.15, -0.1) is 0 Å². The van der Waals surface area contributed by atoms with Crippen molar-refractivity contribution in [3.05, 3.63) is 98.7 Å². The molecule has 178 valence electrons. The van der Waals surface area contributed by atoms with Crippen molar-refractivity contribution in [1.82, 2.24) is 4.98 Å². The summed E-state index contributed by atoms with van der Waals surface area (Å²) in [6, 6.07) is 12.0. The first-order valence-corrected chi connectivity index (χ1v) is 10.0. The number of amides is 2. The molecule has 0 saturated carbocycles. The van der Waals surface area contributed by atoms with E-state index in [4.69, 9.17) is 0 Å². The van der Waals surface area contributed by atoms with Crippen molar-refractivity contribution >= 4 is 35.3 Å². The summed E-state index contributed by atoms with van der Waals surface area (Å²) < 4.78 is 9.29. The molecule has 35 heavy (non-hydrogen) atoms. The maximum absolute atomic E-state index is 13.4. The van der Waals surface area contributed by atoms with Crippen LogP contribution in [0.5, 0.6) is 0 Å². The Morgan fingerprint density at radius 1 is 0.800 bits per heavy atom. The van der Waals surface area contributed by atoms with Crippen molar-refractivity contribution in [3.8, 4) is 0 Å². The van der Waals surface area contributed by atoms with E-state index < -0.39 is 28.7 Å². The van der Waals surface area contributed by atoms with E-state index in [0.29, 0.717) is 0 Å². The van der Waals surface area contributed by atoms with Crippen LogP contribution in [0.3, 0.4) is 0 Å². The third-order valence-electron chi connectivity index (χ3n) is 4.97. The minimum Gasteiger partial charge on any atom is -0.465 e. The largest absolute Gasteiger partial charge is 0.465 e. The Morgan fingerprint density at radius 3 is 1.54 bits per heavy atom. The summed E-state index contributed by atoms with van der Waals surface area (Å²) in [4.78, 5) is 65.5. The fourth-order valence-corrected chi connectivity index (χ4v) is 3.16. The van der Waals surface area contributed by atoms with Crippen molar-refractivity contribution in [1.29, 1.82) is 0 Å². The first-order valence-electron chi connectivity index (χ1n) is 10.0. The Kier molecular flexibility index (Phi) is 7.30. The average molecular weight is 477 g/mol. The summed E-state index contributed by atoms with van der Waals surface area (Å²) in [6.45, 7) is 1.48. The number of nitro groups is 1. The van der Waals surface area contributed by atoms with Crippen LogP contribution in [-0.2, 0) is 9.47 Å². The van der Waals surface area contributed by atoms with Crippen molar-refractivity contribution < 1.29 is 33.6 Å². The van der Waals surface area contributed by atoms with E-state index in [2.05, 4.69) is 14.5 Å². The van der Waals surface area contributed by atoms with Crippen LogP contribution in [0.4, 0.5) is 11.5 Å². The number of aromatic nitrogens is 1. The van der Waals surface area contributed by atoms with Crippen molar-refractivity contribution in [2.24, 2.45) is 0 Å². The molecule has 2 aromatic carbocycles. The highest BCUT2D eigenvalue weighted by molar-refractivity contribution is 6.25. The molecule has 0 spiro atoms. The van der Waals surface area contributed by atoms with Crippen LogP contribution in [0.1, 0.15) is 47.0 Å². The molecule has 0 fully saturated rings. The predicted molar refractivity (Wildman–Crippen MR) is 122 cm³/mol. The number of anilines is 1. The summed E-state index contributed by atoms with van der Waals surface area (Å²) >= 11 is 0. The van der Waals surface area contributed by atoms with Gasteiger partial charge in [0.1, 0.15) is 12.0 Å². The van der Waals surface area contributed by atoms with Crippen molar-refractivity contribution in [3.63, 3.8) is 0 Å². The van der Waals surface area contributed by atoms with Crippen LogP contribution >= 0.6 is 0 Å². The first kappa shape index (κ1) is 24.7. The second-order valence-corrected chi connectivity index (χ2v) is 7.17. The molecule has 11 nitrogen and oxygen atoms in total. The molecule has 1 aromatic heterocycles. The topological polar surface area (TPSA) is 146 Å². The zero-order valence-corrected chi connectivity index (χ0v) is 18.9. The standard InChI is InChI=1S/C24H19N3O8/c1-14-12-19(27(32)33)13-25-20(14)26(21(28)15-4-8-17(9-5-15)23(30)34-2)22(29)16-6-10-18(11-7-16)24(31)35-3/h4-13H,1-3H3. The molecule has 0 unspecified atom stereocenters. The number of pyridine rings is 1. The van der Waals surface area contributed by atoms with Gasteiger partial charge >= 0.3 is 11.9 Å². The number of hydrogen-bond donors (Lipinski definition) is 0. The maximum Gasteiger partial charge on any atom is 0.337 e. The van der Waals surface area contributed by atoms with E-state index in [1.807, 2.05) is 0 Å². The summed E-state index contributed by atoms with van der Waals surface area (Å²) in [5, 5.41) is 11.1. The van der Waals surface area contributed by atoms with E-state index in [1.165, 1.54) is 75.7 Å². The number of aryl methyl sites for hydroxylation is 1. The highest BCUT2D eigenvalue weighted by atomic mass is 16.6. The number of ether oxygens (including phenoxy) is 2. The number of rotatable bonds is 6. The predicted octanol–water partition coefficient (Wildman–Crippen LogP) is 3.36. The molecule has 3 rings (SSSR count). The molecule has 1 heterocycles. The van der Waals surface area contributed by atoms with E-state index in [1.54, 1.807) is 0 Å². The second-order valence-electron chi connectivity index (χ2n) is 7.17. The molecule has 11 heteroatoms. The van der Waals surface area contributed by atoms with Crippen LogP contribution in [0, 0.1) is 17.0 Å². The molecule has 3 aromatic rings. The smallest absolute Gasteiger partial charge is 0.337 e. The Labute approximate surface area is 199 Å². The lowest BCUT2D eigenvalue weighted by Gasteiger charge is -2.22. The van der Waals surface area contributed by atoms with Gasteiger partial charge in [0.15, 0.2) is 0 Å². The molecule has 0 bridgehead atoms. The number of esters is 2. The van der Waals surface area contributed by atoms with Gasteiger partial charge in [0.05, 0.1) is 30.3 Å². The third kappa shape index (κ3) is 5.19. The van der Waals surface area contributed by atoms with Crippen LogP contribution in [-0.4, -0.2) is 47.9 Å². The van der Waals surface area contributed by atoms with Gasteiger partial charge in [0, 0.05) is 17.2 Å². The first-order chi connectivity index (χ1) is 16.7. The van der Waals surface area contributed by atoms with Crippen LogP contribution in [0.25, 0.3) is 0 Å². The molecule has 0 aliphatic carbocycles. The lowest BCUT2D eigenvalue weighted by molar-refractivity contribution is -0.385. The Bertz CT molecular complexity index is 1250. The molecule has 0 N–H and O–H groups in total. The normalized spacial score (nSPS) is 10.3. The number of hydrogen-bond acceptors (Lipinski definition) is 9. The third-order valence-corrected chi connectivity index (χ3v) is 4.97. The Balaban J connectivity index is 2.07. The Morgan fingerprint density at radius 2 is 1.20 bits per heavy atom. The van der Waals surface area contributed by atoms with Gasteiger partial charge in [-0.25, -0.2) is 19.5 Å². The summed E-state index contributed by atoms with van der Waals surface area (Å²) in [6.07, 6.45) is 0.941. The van der Waals surface area contributed by atoms with Crippen molar-refractivity contribution in [2.45, 2.75) is 6.92 Å². The number of methoxy groups -OCH3 is 2. The van der Waals surface area contributed by atoms with Gasteiger partial charge in [0.25, 0.3) is 17.5 Å². The minimum absolute atomic E-state index is 0.0525. The fourth-order valence-electron chi connectivity index (χ4n) is 3.16. The van der Waals surface area contributed by atoms with Crippen LogP contribution < -0.4 is 4.90 Å². The van der Waals surface area contributed by atoms with Gasteiger partial charge in [-0.2, -0.15) is 0 Å². The molecule has 0 aliphatic heterocycles. The monoisotopic (exact) mass is 477 g/mol. The maximum atomic E-state index is 13.4.